The number of nitrogens with one attached hydrogen (secondary N) is 1. The van der Waals surface area contributed by atoms with E-state index in [-0.39, 0.29) is 0 Å². The second kappa shape index (κ2) is 7.11. The maximum Gasteiger partial charge on any atom is 0.411 e. The highest BCUT2D eigenvalue weighted by Gasteiger charge is 2.27. The second-order valence-corrected chi connectivity index (χ2v) is 3.89. The van der Waals surface area contributed by atoms with Crippen LogP contribution in [0.2, 0.25) is 0 Å². The maximum atomic E-state index is 11.8. The van der Waals surface area contributed by atoms with Gasteiger partial charge in [0.25, 0.3) is 0 Å². The molecule has 0 heterocycles. The van der Waals surface area contributed by atoms with Gasteiger partial charge in [0.15, 0.2) is 0 Å². The molecule has 0 fully saturated rings. The van der Waals surface area contributed by atoms with Crippen molar-refractivity contribution < 1.29 is 27.4 Å². The molecule has 0 aliphatic carbocycles. The normalized spacial score (nSPS) is 11.2. The minimum Gasteiger partial charge on any atom is -0.495 e. The smallest absolute Gasteiger partial charge is 0.411 e. The van der Waals surface area contributed by atoms with Gasteiger partial charge >= 0.3 is 6.18 Å². The summed E-state index contributed by atoms with van der Waals surface area (Å²) in [7, 11) is 1.41. The second-order valence-electron chi connectivity index (χ2n) is 3.89. The van der Waals surface area contributed by atoms with Crippen LogP contribution >= 0.6 is 0 Å². The van der Waals surface area contributed by atoms with Crippen LogP contribution in [0.5, 0.6) is 5.75 Å². The molecular formula is C12H15F3N2O3. The predicted molar refractivity (Wildman–Crippen MR) is 66.4 cm³/mol. The van der Waals surface area contributed by atoms with E-state index in [4.69, 9.17) is 10.5 Å². The molecule has 0 atom stereocenters. The Morgan fingerprint density at radius 2 is 2.10 bits per heavy atom. The Balaban J connectivity index is 2.57. The molecule has 8 heteroatoms. The summed E-state index contributed by atoms with van der Waals surface area (Å²) in [5.74, 6) is -0.329. The molecule has 0 bridgehead atoms. The maximum absolute atomic E-state index is 11.8. The molecule has 1 aromatic rings. The van der Waals surface area contributed by atoms with Gasteiger partial charge in [-0.05, 0) is 17.7 Å². The number of benzene rings is 1. The topological polar surface area (TPSA) is 73.6 Å². The quantitative estimate of drug-likeness (QED) is 0.836. The van der Waals surface area contributed by atoms with E-state index in [0.29, 0.717) is 18.0 Å². The Labute approximate surface area is 113 Å². The molecule has 20 heavy (non-hydrogen) atoms. The summed E-state index contributed by atoms with van der Waals surface area (Å²) in [6.45, 7) is -1.86. The van der Waals surface area contributed by atoms with E-state index in [0.717, 1.165) is 5.56 Å². The van der Waals surface area contributed by atoms with Gasteiger partial charge in [0.2, 0.25) is 5.91 Å². The number of methoxy groups -OCH3 is 1. The summed E-state index contributed by atoms with van der Waals surface area (Å²) < 4.78 is 44.8. The molecule has 1 rings (SSSR count). The van der Waals surface area contributed by atoms with Gasteiger partial charge in [-0.25, -0.2) is 0 Å². The number of rotatable bonds is 6. The molecule has 0 aromatic heterocycles. The van der Waals surface area contributed by atoms with Crippen LogP contribution in [0.15, 0.2) is 18.2 Å². The van der Waals surface area contributed by atoms with Crippen molar-refractivity contribution in [2.75, 3.05) is 25.6 Å². The van der Waals surface area contributed by atoms with Crippen LogP contribution in [0.4, 0.5) is 18.9 Å². The Morgan fingerprint density at radius 1 is 1.40 bits per heavy atom. The number of nitrogens with two attached hydrogens (primary N) is 1. The molecule has 0 radical (unpaired) electrons. The number of halogens is 3. The molecular weight excluding hydrogens is 277 g/mol. The third kappa shape index (κ3) is 5.45. The summed E-state index contributed by atoms with van der Waals surface area (Å²) >= 11 is 0. The van der Waals surface area contributed by atoms with Crippen LogP contribution in [-0.2, 0) is 16.1 Å². The first kappa shape index (κ1) is 16.3. The van der Waals surface area contributed by atoms with Crippen LogP contribution in [0, 0.1) is 0 Å². The molecule has 1 amide bonds. The van der Waals surface area contributed by atoms with Gasteiger partial charge in [0.1, 0.15) is 19.0 Å². The SMILES string of the molecule is COc1cc(CN)ccc1NC(=O)COCC(F)(F)F. The van der Waals surface area contributed by atoms with Crippen LogP contribution in [-0.4, -0.2) is 32.4 Å². The van der Waals surface area contributed by atoms with Crippen molar-refractivity contribution >= 4 is 11.6 Å². The number of hydrogen-bond donors (Lipinski definition) is 2. The van der Waals surface area contributed by atoms with Crippen molar-refractivity contribution in [3.05, 3.63) is 23.8 Å². The molecule has 0 aliphatic heterocycles. The molecule has 5 nitrogen and oxygen atoms in total. The predicted octanol–water partition coefficient (Wildman–Crippen LogP) is 1.67. The lowest BCUT2D eigenvalue weighted by atomic mass is 10.2. The van der Waals surface area contributed by atoms with E-state index in [9.17, 15) is 18.0 Å². The van der Waals surface area contributed by atoms with Crippen LogP contribution in [0.25, 0.3) is 0 Å². The summed E-state index contributed by atoms with van der Waals surface area (Å²) in [4.78, 5) is 11.4. The van der Waals surface area contributed by atoms with Crippen molar-refractivity contribution in [1.82, 2.24) is 0 Å². The Hall–Kier alpha value is -1.80. The monoisotopic (exact) mass is 292 g/mol. The summed E-state index contributed by atoms with van der Waals surface area (Å²) in [6.07, 6.45) is -4.46. The largest absolute Gasteiger partial charge is 0.495 e. The first-order valence-electron chi connectivity index (χ1n) is 5.67. The van der Waals surface area contributed by atoms with Crippen LogP contribution in [0.1, 0.15) is 5.56 Å². The number of carbonyl (C=O) groups excluding carboxylic acids is 1. The number of amides is 1. The van der Waals surface area contributed by atoms with Gasteiger partial charge in [-0.2, -0.15) is 13.2 Å². The first-order valence-corrected chi connectivity index (χ1v) is 5.67. The standard InChI is InChI=1S/C12H15F3N2O3/c1-19-10-4-8(5-16)2-3-9(10)17-11(18)6-20-7-12(13,14)15/h2-4H,5-7,16H2,1H3,(H,17,18). The van der Waals surface area contributed by atoms with E-state index in [1.54, 1.807) is 18.2 Å². The summed E-state index contributed by atoms with van der Waals surface area (Å²) in [5.41, 5.74) is 6.60. The van der Waals surface area contributed by atoms with Gasteiger partial charge in [0.05, 0.1) is 12.8 Å². The lowest BCUT2D eigenvalue weighted by Crippen LogP contribution is -2.24. The number of carbonyl (C=O) groups is 1. The third-order valence-electron chi connectivity index (χ3n) is 2.27. The van der Waals surface area contributed by atoms with E-state index in [1.165, 1.54) is 7.11 Å². The van der Waals surface area contributed by atoms with Gasteiger partial charge in [-0.1, -0.05) is 6.07 Å². The molecule has 3 N–H and O–H groups in total. The average Bonchev–Trinajstić information content (AvgIpc) is 2.37. The van der Waals surface area contributed by atoms with E-state index in [1.807, 2.05) is 0 Å². The number of hydrogen-bond acceptors (Lipinski definition) is 4. The summed E-state index contributed by atoms with van der Waals surface area (Å²) in [5, 5.41) is 2.40. The molecule has 0 saturated heterocycles. The zero-order valence-corrected chi connectivity index (χ0v) is 10.8. The van der Waals surface area contributed by atoms with Crippen molar-refractivity contribution in [2.24, 2.45) is 5.73 Å². The Bertz CT molecular complexity index is 464. The van der Waals surface area contributed by atoms with Gasteiger partial charge < -0.3 is 20.5 Å². The third-order valence-corrected chi connectivity index (χ3v) is 2.27. The minimum atomic E-state index is -4.46. The van der Waals surface area contributed by atoms with Crippen molar-refractivity contribution in [2.45, 2.75) is 12.7 Å². The molecule has 0 saturated carbocycles. The zero-order chi connectivity index (χ0) is 15.2. The molecule has 112 valence electrons. The van der Waals surface area contributed by atoms with Gasteiger partial charge in [0, 0.05) is 6.54 Å². The number of alkyl halides is 3. The van der Waals surface area contributed by atoms with Crippen molar-refractivity contribution in [3.63, 3.8) is 0 Å². The van der Waals surface area contributed by atoms with E-state index in [2.05, 4.69) is 10.1 Å². The fourth-order valence-corrected chi connectivity index (χ4v) is 1.41. The highest BCUT2D eigenvalue weighted by molar-refractivity contribution is 5.93. The Kier molecular flexibility index (Phi) is 5.78. The summed E-state index contributed by atoms with van der Waals surface area (Å²) in [6, 6.07) is 4.86. The highest BCUT2D eigenvalue weighted by Crippen LogP contribution is 2.25. The molecule has 0 unspecified atom stereocenters. The minimum absolute atomic E-state index is 0.305. The van der Waals surface area contributed by atoms with Crippen LogP contribution < -0.4 is 15.8 Å². The van der Waals surface area contributed by atoms with Crippen LogP contribution in [0.3, 0.4) is 0 Å². The fourth-order valence-electron chi connectivity index (χ4n) is 1.41. The fraction of sp³-hybridized carbons (Fsp3) is 0.417. The number of ether oxygens (including phenoxy) is 2. The molecule has 0 aliphatic rings. The van der Waals surface area contributed by atoms with E-state index >= 15 is 0 Å². The first-order chi connectivity index (χ1) is 9.35. The highest BCUT2D eigenvalue weighted by atomic mass is 19.4. The Morgan fingerprint density at radius 3 is 2.65 bits per heavy atom. The average molecular weight is 292 g/mol. The molecule has 0 spiro atoms. The van der Waals surface area contributed by atoms with Crippen molar-refractivity contribution in [3.8, 4) is 5.75 Å². The molecule has 1 aromatic carbocycles. The van der Waals surface area contributed by atoms with Crippen molar-refractivity contribution in [1.29, 1.82) is 0 Å². The van der Waals surface area contributed by atoms with Gasteiger partial charge in [-0.15, -0.1) is 0 Å². The number of anilines is 1. The zero-order valence-electron chi connectivity index (χ0n) is 10.8. The lowest BCUT2D eigenvalue weighted by Gasteiger charge is -2.12. The lowest BCUT2D eigenvalue weighted by molar-refractivity contribution is -0.174. The van der Waals surface area contributed by atoms with Gasteiger partial charge in [-0.3, -0.25) is 4.79 Å². The van der Waals surface area contributed by atoms with E-state index < -0.39 is 25.3 Å².